The number of carbonyl (C=O) groups is 1. The van der Waals surface area contributed by atoms with Gasteiger partial charge in [0.2, 0.25) is 5.78 Å². The number of ether oxygens (including phenoxy) is 4. The Morgan fingerprint density at radius 3 is 2.84 bits per heavy atom. The molecule has 2 aliphatic rings. The van der Waals surface area contributed by atoms with Crippen LogP contribution >= 0.6 is 11.6 Å². The van der Waals surface area contributed by atoms with Crippen molar-refractivity contribution in [2.45, 2.75) is 20.1 Å². The molecule has 0 bridgehead atoms. The first-order valence-corrected chi connectivity index (χ1v) is 10.1. The standard InChI is InChI=1S/C24H18ClNO5/c1-14-20(29-12-17-10-18(25)9-16-11-28-13-30-24(16)17)3-2-19-22(27)21(31-23(14)19)8-15-4-6-26-7-5-15/h2-10H,11-13H2,1H3/b21-8-. The lowest BCUT2D eigenvalue weighted by molar-refractivity contribution is -0.0175. The summed E-state index contributed by atoms with van der Waals surface area (Å²) in [5.41, 5.74) is 3.84. The van der Waals surface area contributed by atoms with E-state index in [1.54, 1.807) is 30.6 Å². The highest BCUT2D eigenvalue weighted by atomic mass is 35.5. The molecule has 5 rings (SSSR count). The minimum Gasteiger partial charge on any atom is -0.488 e. The molecule has 0 N–H and O–H groups in total. The van der Waals surface area contributed by atoms with E-state index in [0.717, 1.165) is 28.0 Å². The molecule has 3 heterocycles. The Kier molecular flexibility index (Phi) is 5.10. The van der Waals surface area contributed by atoms with E-state index in [0.29, 0.717) is 28.7 Å². The minimum absolute atomic E-state index is 0.154. The number of Topliss-reactive ketones (excluding diaryl/α,β-unsaturated/α-hetero) is 1. The summed E-state index contributed by atoms with van der Waals surface area (Å²) in [4.78, 5) is 16.7. The zero-order valence-corrected chi connectivity index (χ0v) is 17.4. The SMILES string of the molecule is Cc1c(OCc2cc(Cl)cc3c2OCOC3)ccc2c1O/C(=C\c1ccncc1)C2=O. The third-order valence-electron chi connectivity index (χ3n) is 5.18. The Hall–Kier alpha value is -3.35. The number of ketones is 1. The number of halogens is 1. The van der Waals surface area contributed by atoms with Crippen LogP contribution in [0.1, 0.15) is 32.6 Å². The summed E-state index contributed by atoms with van der Waals surface area (Å²) in [5.74, 6) is 2.00. The van der Waals surface area contributed by atoms with Crippen LogP contribution in [0.4, 0.5) is 0 Å². The van der Waals surface area contributed by atoms with E-state index in [-0.39, 0.29) is 24.9 Å². The molecule has 0 unspecified atom stereocenters. The summed E-state index contributed by atoms with van der Waals surface area (Å²) in [6, 6.07) is 10.8. The molecule has 0 aliphatic carbocycles. The van der Waals surface area contributed by atoms with Gasteiger partial charge < -0.3 is 18.9 Å². The van der Waals surface area contributed by atoms with E-state index >= 15 is 0 Å². The number of hydrogen-bond donors (Lipinski definition) is 0. The van der Waals surface area contributed by atoms with Gasteiger partial charge in [0.15, 0.2) is 12.6 Å². The fourth-order valence-electron chi connectivity index (χ4n) is 3.65. The Balaban J connectivity index is 1.40. The van der Waals surface area contributed by atoms with Crippen molar-refractivity contribution in [3.8, 4) is 17.2 Å². The number of fused-ring (bicyclic) bond motifs is 2. The van der Waals surface area contributed by atoms with E-state index in [1.807, 2.05) is 31.2 Å². The number of benzene rings is 2. The van der Waals surface area contributed by atoms with Crippen LogP contribution in [-0.4, -0.2) is 17.6 Å². The smallest absolute Gasteiger partial charge is 0.231 e. The van der Waals surface area contributed by atoms with E-state index in [4.69, 9.17) is 30.5 Å². The summed E-state index contributed by atoms with van der Waals surface area (Å²) < 4.78 is 22.9. The third-order valence-corrected chi connectivity index (χ3v) is 5.39. The number of allylic oxidation sites excluding steroid dienone is 1. The van der Waals surface area contributed by atoms with Crippen molar-refractivity contribution in [3.05, 3.63) is 87.4 Å². The van der Waals surface area contributed by atoms with Crippen molar-refractivity contribution < 1.29 is 23.7 Å². The molecule has 31 heavy (non-hydrogen) atoms. The van der Waals surface area contributed by atoms with Crippen LogP contribution in [-0.2, 0) is 18.0 Å². The van der Waals surface area contributed by atoms with Crippen LogP contribution < -0.4 is 14.2 Å². The van der Waals surface area contributed by atoms with Crippen molar-refractivity contribution >= 4 is 23.5 Å². The Labute approximate surface area is 184 Å². The molecule has 7 heteroatoms. The molecule has 0 atom stereocenters. The summed E-state index contributed by atoms with van der Waals surface area (Å²) >= 11 is 6.24. The van der Waals surface area contributed by atoms with Gasteiger partial charge in [-0.15, -0.1) is 0 Å². The topological polar surface area (TPSA) is 66.9 Å². The molecule has 0 fully saturated rings. The van der Waals surface area contributed by atoms with Gasteiger partial charge in [-0.1, -0.05) is 11.6 Å². The van der Waals surface area contributed by atoms with E-state index < -0.39 is 0 Å². The predicted octanol–water partition coefficient (Wildman–Crippen LogP) is 5.11. The molecule has 0 spiro atoms. The Morgan fingerprint density at radius 2 is 2.00 bits per heavy atom. The molecule has 2 aliphatic heterocycles. The van der Waals surface area contributed by atoms with Crippen LogP contribution in [0.25, 0.3) is 6.08 Å². The van der Waals surface area contributed by atoms with Gasteiger partial charge >= 0.3 is 0 Å². The summed E-state index contributed by atoms with van der Waals surface area (Å²) in [5, 5.41) is 0.594. The number of nitrogens with zero attached hydrogens (tertiary/aromatic N) is 1. The van der Waals surface area contributed by atoms with Crippen LogP contribution in [0, 0.1) is 6.92 Å². The van der Waals surface area contributed by atoms with Crippen molar-refractivity contribution in [1.29, 1.82) is 0 Å². The maximum absolute atomic E-state index is 12.7. The van der Waals surface area contributed by atoms with Crippen LogP contribution in [0.2, 0.25) is 5.02 Å². The second-order valence-corrected chi connectivity index (χ2v) is 7.67. The van der Waals surface area contributed by atoms with E-state index in [1.165, 1.54) is 0 Å². The van der Waals surface area contributed by atoms with Crippen LogP contribution in [0.3, 0.4) is 0 Å². The molecule has 0 saturated heterocycles. The summed E-state index contributed by atoms with van der Waals surface area (Å²) in [6.07, 6.45) is 5.04. The first-order chi connectivity index (χ1) is 15.1. The maximum Gasteiger partial charge on any atom is 0.231 e. The number of carbonyl (C=O) groups excluding carboxylic acids is 1. The highest BCUT2D eigenvalue weighted by Crippen LogP contribution is 2.40. The van der Waals surface area contributed by atoms with Crippen molar-refractivity contribution in [2.75, 3.05) is 6.79 Å². The van der Waals surface area contributed by atoms with Crippen LogP contribution in [0.15, 0.2) is 54.6 Å². The number of aromatic nitrogens is 1. The van der Waals surface area contributed by atoms with Gasteiger partial charge in [-0.05, 0) is 55.0 Å². The van der Waals surface area contributed by atoms with Gasteiger partial charge in [-0.2, -0.15) is 0 Å². The lowest BCUT2D eigenvalue weighted by Gasteiger charge is -2.21. The Morgan fingerprint density at radius 1 is 1.16 bits per heavy atom. The van der Waals surface area contributed by atoms with Crippen molar-refractivity contribution in [1.82, 2.24) is 4.98 Å². The average Bonchev–Trinajstić information content (AvgIpc) is 3.10. The van der Waals surface area contributed by atoms with E-state index in [2.05, 4.69) is 4.98 Å². The third kappa shape index (κ3) is 3.76. The zero-order valence-electron chi connectivity index (χ0n) is 16.7. The molecular formula is C24H18ClNO5. The quantitative estimate of drug-likeness (QED) is 0.531. The maximum atomic E-state index is 12.7. The number of pyridine rings is 1. The molecule has 0 radical (unpaired) electrons. The van der Waals surface area contributed by atoms with Crippen LogP contribution in [0.5, 0.6) is 17.2 Å². The molecule has 3 aromatic rings. The lowest BCUT2D eigenvalue weighted by atomic mass is 10.1. The van der Waals surface area contributed by atoms with Gasteiger partial charge in [0.25, 0.3) is 0 Å². The van der Waals surface area contributed by atoms with Crippen molar-refractivity contribution in [2.24, 2.45) is 0 Å². The van der Waals surface area contributed by atoms with Gasteiger partial charge in [0.05, 0.1) is 12.2 Å². The summed E-state index contributed by atoms with van der Waals surface area (Å²) in [6.45, 7) is 2.77. The Bertz CT molecular complexity index is 1210. The first kappa shape index (κ1) is 19.6. The lowest BCUT2D eigenvalue weighted by Crippen LogP contribution is -2.14. The fraction of sp³-hybridized carbons (Fsp3) is 0.167. The molecule has 0 amide bonds. The highest BCUT2D eigenvalue weighted by Gasteiger charge is 2.30. The zero-order chi connectivity index (χ0) is 21.4. The van der Waals surface area contributed by atoms with Gasteiger partial charge in [-0.3, -0.25) is 9.78 Å². The molecule has 156 valence electrons. The molecule has 1 aromatic heterocycles. The van der Waals surface area contributed by atoms with Gasteiger partial charge in [0.1, 0.15) is 23.9 Å². The first-order valence-electron chi connectivity index (χ1n) is 9.72. The summed E-state index contributed by atoms with van der Waals surface area (Å²) in [7, 11) is 0. The number of hydrogen-bond acceptors (Lipinski definition) is 6. The largest absolute Gasteiger partial charge is 0.488 e. The fourth-order valence-corrected chi connectivity index (χ4v) is 3.92. The molecule has 0 saturated carbocycles. The molecule has 2 aromatic carbocycles. The number of rotatable bonds is 4. The monoisotopic (exact) mass is 435 g/mol. The normalized spacial score (nSPS) is 15.8. The average molecular weight is 436 g/mol. The van der Waals surface area contributed by atoms with Gasteiger partial charge in [0, 0.05) is 34.1 Å². The molecular weight excluding hydrogens is 418 g/mol. The second kappa shape index (κ2) is 8.06. The second-order valence-electron chi connectivity index (χ2n) is 7.24. The van der Waals surface area contributed by atoms with E-state index in [9.17, 15) is 4.79 Å². The highest BCUT2D eigenvalue weighted by molar-refractivity contribution is 6.30. The molecule has 6 nitrogen and oxygen atoms in total. The van der Waals surface area contributed by atoms with Gasteiger partial charge in [-0.25, -0.2) is 0 Å². The predicted molar refractivity (Wildman–Crippen MR) is 114 cm³/mol. The minimum atomic E-state index is -0.154. The van der Waals surface area contributed by atoms with Crippen molar-refractivity contribution in [3.63, 3.8) is 0 Å².